The van der Waals surface area contributed by atoms with Crippen molar-refractivity contribution in [2.75, 3.05) is 13.6 Å². The molecule has 1 atom stereocenters. The summed E-state index contributed by atoms with van der Waals surface area (Å²) in [6.45, 7) is 6.04. The second-order valence-corrected chi connectivity index (χ2v) is 6.09. The van der Waals surface area contributed by atoms with Gasteiger partial charge in [0, 0.05) is 13.6 Å². The lowest BCUT2D eigenvalue weighted by molar-refractivity contribution is -0.133. The van der Waals surface area contributed by atoms with Crippen LogP contribution in [0.1, 0.15) is 50.2 Å². The predicted octanol–water partition coefficient (Wildman–Crippen LogP) is 2.91. The van der Waals surface area contributed by atoms with Gasteiger partial charge in [-0.05, 0) is 36.4 Å². The van der Waals surface area contributed by atoms with E-state index in [1.54, 1.807) is 0 Å². The van der Waals surface area contributed by atoms with Gasteiger partial charge < -0.3 is 10.2 Å². The maximum absolute atomic E-state index is 12.3. The Balaban J connectivity index is 1.92. The van der Waals surface area contributed by atoms with E-state index in [0.717, 1.165) is 19.4 Å². The molecule has 3 nitrogen and oxygen atoms in total. The Kier molecular flexibility index (Phi) is 5.18. The highest BCUT2D eigenvalue weighted by Gasteiger charge is 2.23. The van der Waals surface area contributed by atoms with Crippen molar-refractivity contribution in [3.63, 3.8) is 0 Å². The highest BCUT2D eigenvalue weighted by atomic mass is 16.2. The molecule has 1 aromatic carbocycles. The topological polar surface area (TPSA) is 32.3 Å². The third-order valence-electron chi connectivity index (χ3n) is 4.05. The molecule has 1 aromatic rings. The van der Waals surface area contributed by atoms with Crippen LogP contribution in [0, 0.1) is 0 Å². The van der Waals surface area contributed by atoms with E-state index in [4.69, 9.17) is 0 Å². The number of hydrogen-bond donors (Lipinski definition) is 1. The summed E-state index contributed by atoms with van der Waals surface area (Å²) in [6.07, 6.45) is 3.31. The lowest BCUT2D eigenvalue weighted by Gasteiger charge is -2.27. The first-order chi connectivity index (χ1) is 9.58. The van der Waals surface area contributed by atoms with Crippen LogP contribution in [0.25, 0.3) is 0 Å². The number of hydrogen-bond acceptors (Lipinski definition) is 2. The Morgan fingerprint density at radius 3 is 2.55 bits per heavy atom. The molecule has 1 saturated heterocycles. The molecular formula is C17H26N2O. The molecule has 1 unspecified atom stereocenters. The van der Waals surface area contributed by atoms with E-state index in [2.05, 4.69) is 43.4 Å². The van der Waals surface area contributed by atoms with E-state index < -0.39 is 0 Å². The molecule has 1 heterocycles. The summed E-state index contributed by atoms with van der Waals surface area (Å²) in [5, 5.41) is 3.32. The van der Waals surface area contributed by atoms with E-state index in [0.29, 0.717) is 12.5 Å². The standard InChI is InChI=1S/C17H26N2O/c1-13(2)15-9-7-14(8-10-15)12-19(3)17(20)16-6-4-5-11-18-16/h7-10,13,16,18H,4-6,11-12H2,1-3H3. The Bertz CT molecular complexity index is 433. The van der Waals surface area contributed by atoms with Gasteiger partial charge in [0.25, 0.3) is 0 Å². The van der Waals surface area contributed by atoms with Crippen LogP contribution in [-0.4, -0.2) is 30.4 Å². The molecule has 0 radical (unpaired) electrons. The van der Waals surface area contributed by atoms with Crippen LogP contribution in [-0.2, 0) is 11.3 Å². The number of likely N-dealkylation sites (N-methyl/N-ethyl adjacent to an activating group) is 1. The molecule has 1 aliphatic rings. The van der Waals surface area contributed by atoms with Crippen molar-refractivity contribution in [2.24, 2.45) is 0 Å². The first-order valence-corrected chi connectivity index (χ1v) is 7.65. The Morgan fingerprint density at radius 2 is 2.00 bits per heavy atom. The second-order valence-electron chi connectivity index (χ2n) is 6.09. The summed E-state index contributed by atoms with van der Waals surface area (Å²) in [7, 11) is 1.90. The minimum atomic E-state index is 0.0173. The van der Waals surface area contributed by atoms with Gasteiger partial charge in [-0.3, -0.25) is 4.79 Å². The highest BCUT2D eigenvalue weighted by molar-refractivity contribution is 5.81. The lowest BCUT2D eigenvalue weighted by Crippen LogP contribution is -2.46. The molecule has 20 heavy (non-hydrogen) atoms. The SMILES string of the molecule is CC(C)c1ccc(CN(C)C(=O)C2CCCCN2)cc1. The van der Waals surface area contributed by atoms with E-state index in [-0.39, 0.29) is 11.9 Å². The predicted molar refractivity (Wildman–Crippen MR) is 82.6 cm³/mol. The minimum absolute atomic E-state index is 0.0173. The number of nitrogens with zero attached hydrogens (tertiary/aromatic N) is 1. The van der Waals surface area contributed by atoms with Crippen LogP contribution in [0.3, 0.4) is 0 Å². The molecule has 1 amide bonds. The summed E-state index contributed by atoms with van der Waals surface area (Å²) >= 11 is 0. The van der Waals surface area contributed by atoms with Gasteiger partial charge in [-0.25, -0.2) is 0 Å². The van der Waals surface area contributed by atoms with E-state index in [9.17, 15) is 4.79 Å². The third kappa shape index (κ3) is 3.83. The summed E-state index contributed by atoms with van der Waals surface area (Å²) in [4.78, 5) is 14.2. The van der Waals surface area contributed by atoms with Gasteiger partial charge in [0.15, 0.2) is 0 Å². The van der Waals surface area contributed by atoms with E-state index in [1.807, 2.05) is 11.9 Å². The van der Waals surface area contributed by atoms with E-state index in [1.165, 1.54) is 17.5 Å². The van der Waals surface area contributed by atoms with Crippen molar-refractivity contribution < 1.29 is 4.79 Å². The fraction of sp³-hybridized carbons (Fsp3) is 0.588. The fourth-order valence-corrected chi connectivity index (χ4v) is 2.69. The average molecular weight is 274 g/mol. The fourth-order valence-electron chi connectivity index (χ4n) is 2.69. The molecule has 0 spiro atoms. The van der Waals surface area contributed by atoms with Crippen molar-refractivity contribution in [1.82, 2.24) is 10.2 Å². The van der Waals surface area contributed by atoms with Gasteiger partial charge in [-0.15, -0.1) is 0 Å². The average Bonchev–Trinajstić information content (AvgIpc) is 2.48. The molecule has 0 bridgehead atoms. The normalized spacial score (nSPS) is 19.1. The van der Waals surface area contributed by atoms with Crippen molar-refractivity contribution in [1.29, 1.82) is 0 Å². The van der Waals surface area contributed by atoms with Gasteiger partial charge in [0.2, 0.25) is 5.91 Å². The zero-order valence-corrected chi connectivity index (χ0v) is 12.9. The molecule has 110 valence electrons. The number of carbonyl (C=O) groups is 1. The maximum Gasteiger partial charge on any atom is 0.239 e. The Labute approximate surface area is 122 Å². The number of nitrogens with one attached hydrogen (secondary N) is 1. The monoisotopic (exact) mass is 274 g/mol. The van der Waals surface area contributed by atoms with Crippen molar-refractivity contribution in [3.8, 4) is 0 Å². The van der Waals surface area contributed by atoms with Gasteiger partial charge >= 0.3 is 0 Å². The molecule has 0 aliphatic carbocycles. The molecule has 1 fully saturated rings. The third-order valence-corrected chi connectivity index (χ3v) is 4.05. The molecule has 0 saturated carbocycles. The molecule has 1 aliphatic heterocycles. The molecule has 0 aromatic heterocycles. The van der Waals surface area contributed by atoms with Crippen molar-refractivity contribution >= 4 is 5.91 Å². The second kappa shape index (κ2) is 6.89. The number of amides is 1. The smallest absolute Gasteiger partial charge is 0.239 e. The summed E-state index contributed by atoms with van der Waals surface area (Å²) in [6, 6.07) is 8.61. The Hall–Kier alpha value is -1.35. The maximum atomic E-state index is 12.3. The number of carbonyl (C=O) groups excluding carboxylic acids is 1. The number of piperidine rings is 1. The first-order valence-electron chi connectivity index (χ1n) is 7.65. The Morgan fingerprint density at radius 1 is 1.30 bits per heavy atom. The molecule has 2 rings (SSSR count). The highest BCUT2D eigenvalue weighted by Crippen LogP contribution is 2.16. The molecule has 3 heteroatoms. The van der Waals surface area contributed by atoms with Gasteiger partial charge in [0.05, 0.1) is 6.04 Å². The zero-order valence-electron chi connectivity index (χ0n) is 12.9. The van der Waals surface area contributed by atoms with Crippen LogP contribution in [0.4, 0.5) is 0 Å². The first kappa shape index (κ1) is 15.0. The molecule has 1 N–H and O–H groups in total. The summed E-state index contributed by atoms with van der Waals surface area (Å²) in [5.74, 6) is 0.771. The van der Waals surface area contributed by atoms with Crippen LogP contribution >= 0.6 is 0 Å². The number of rotatable bonds is 4. The van der Waals surface area contributed by atoms with Crippen LogP contribution in [0.15, 0.2) is 24.3 Å². The van der Waals surface area contributed by atoms with Crippen LogP contribution < -0.4 is 5.32 Å². The lowest BCUT2D eigenvalue weighted by atomic mass is 10.0. The van der Waals surface area contributed by atoms with Gasteiger partial charge in [-0.1, -0.05) is 44.5 Å². The minimum Gasteiger partial charge on any atom is -0.340 e. The van der Waals surface area contributed by atoms with E-state index >= 15 is 0 Å². The number of benzene rings is 1. The quantitative estimate of drug-likeness (QED) is 0.915. The summed E-state index contributed by atoms with van der Waals surface area (Å²) < 4.78 is 0. The largest absolute Gasteiger partial charge is 0.340 e. The van der Waals surface area contributed by atoms with Crippen molar-refractivity contribution in [2.45, 2.75) is 51.6 Å². The van der Waals surface area contributed by atoms with Gasteiger partial charge in [0.1, 0.15) is 0 Å². The summed E-state index contributed by atoms with van der Waals surface area (Å²) in [5.41, 5.74) is 2.54. The van der Waals surface area contributed by atoms with Crippen LogP contribution in [0.5, 0.6) is 0 Å². The van der Waals surface area contributed by atoms with Crippen molar-refractivity contribution in [3.05, 3.63) is 35.4 Å². The zero-order chi connectivity index (χ0) is 14.5. The van der Waals surface area contributed by atoms with Gasteiger partial charge in [-0.2, -0.15) is 0 Å². The molecular weight excluding hydrogens is 248 g/mol. The van der Waals surface area contributed by atoms with Crippen LogP contribution in [0.2, 0.25) is 0 Å².